The molecule has 0 rings (SSSR count). The molecule has 0 saturated heterocycles. The minimum Gasteiger partial charge on any atom is -0.480 e. The summed E-state index contributed by atoms with van der Waals surface area (Å²) in [6, 6.07) is -1.52. The first-order chi connectivity index (χ1) is 23.6. The molecule has 12 heteroatoms. The van der Waals surface area contributed by atoms with Gasteiger partial charge in [0.2, 0.25) is 0 Å². The highest BCUT2D eigenvalue weighted by Crippen LogP contribution is 2.43. The molecular weight excluding hydrogens is 649 g/mol. The Labute approximate surface area is 296 Å². The number of hydrogen-bond donors (Lipinski definition) is 3. The maximum atomic E-state index is 12.5. The third kappa shape index (κ3) is 32.9. The summed E-state index contributed by atoms with van der Waals surface area (Å²) in [5, 5.41) is 8.84. The number of nitrogens with two attached hydrogens (primary N) is 1. The molecule has 49 heavy (non-hydrogen) atoms. The van der Waals surface area contributed by atoms with Crippen LogP contribution < -0.4 is 5.73 Å². The van der Waals surface area contributed by atoms with Gasteiger partial charge in [0.1, 0.15) is 12.6 Å². The third-order valence-corrected chi connectivity index (χ3v) is 8.90. The van der Waals surface area contributed by atoms with Gasteiger partial charge in [-0.15, -0.1) is 0 Å². The number of phosphoric acid groups is 1. The fourth-order valence-corrected chi connectivity index (χ4v) is 5.70. The fraction of sp³-hybridized carbons (Fsp3) is 0.811. The van der Waals surface area contributed by atoms with Gasteiger partial charge < -0.3 is 25.2 Å². The van der Waals surface area contributed by atoms with E-state index in [0.717, 1.165) is 51.4 Å². The van der Waals surface area contributed by atoms with E-state index in [-0.39, 0.29) is 19.4 Å². The number of esters is 2. The van der Waals surface area contributed by atoms with E-state index < -0.39 is 51.1 Å². The second-order valence-corrected chi connectivity index (χ2v) is 14.2. The van der Waals surface area contributed by atoms with Crippen LogP contribution in [0.15, 0.2) is 24.3 Å². The van der Waals surface area contributed by atoms with E-state index in [1.54, 1.807) is 0 Å². The van der Waals surface area contributed by atoms with Gasteiger partial charge in [0.05, 0.1) is 13.2 Å². The zero-order valence-electron chi connectivity index (χ0n) is 30.5. The molecule has 0 spiro atoms. The molecule has 1 unspecified atom stereocenters. The molecule has 0 aliphatic heterocycles. The molecule has 0 aromatic heterocycles. The van der Waals surface area contributed by atoms with Crippen LogP contribution >= 0.6 is 7.82 Å². The summed E-state index contributed by atoms with van der Waals surface area (Å²) in [6.07, 6.45) is 31.2. The van der Waals surface area contributed by atoms with Crippen molar-refractivity contribution in [3.8, 4) is 0 Å². The average Bonchev–Trinajstić information content (AvgIpc) is 3.07. The average molecular weight is 718 g/mol. The lowest BCUT2D eigenvalue weighted by molar-refractivity contribution is -0.161. The fourth-order valence-electron chi connectivity index (χ4n) is 4.92. The van der Waals surface area contributed by atoms with Gasteiger partial charge in [-0.05, 0) is 44.9 Å². The molecule has 3 atom stereocenters. The van der Waals surface area contributed by atoms with E-state index in [1.807, 2.05) is 0 Å². The first kappa shape index (κ1) is 47.0. The number of carboxylic acid groups (broad SMARTS) is 1. The number of rotatable bonds is 35. The highest BCUT2D eigenvalue weighted by atomic mass is 31.2. The molecule has 286 valence electrons. The van der Waals surface area contributed by atoms with E-state index in [4.69, 9.17) is 24.8 Å². The molecule has 4 N–H and O–H groups in total. The molecule has 0 bridgehead atoms. The number of unbranched alkanes of at least 4 members (excludes halogenated alkanes) is 17. The minimum absolute atomic E-state index is 0.160. The standard InChI is InChI=1S/C37H68NO10P/c1-3-5-7-9-11-13-14-15-16-17-18-19-20-21-23-24-26-28-35(39)45-30-33(31-46-49(43,44)47-32-34(38)37(41)42)48-36(40)29-27-25-22-12-10-8-6-4-2/h11,13,15-16,33-34H,3-10,12,14,17-32,38H2,1-2H3,(H,41,42)(H,43,44)/b13-11+,16-15+/t33-,34+/m0/s1. The Morgan fingerprint density at radius 2 is 1.08 bits per heavy atom. The van der Waals surface area contributed by atoms with E-state index in [2.05, 4.69) is 42.7 Å². The number of phosphoric ester groups is 1. The van der Waals surface area contributed by atoms with Gasteiger partial charge in [0.25, 0.3) is 0 Å². The van der Waals surface area contributed by atoms with Crippen molar-refractivity contribution in [1.29, 1.82) is 0 Å². The summed E-state index contributed by atoms with van der Waals surface area (Å²) in [4.78, 5) is 45.6. The van der Waals surface area contributed by atoms with E-state index in [9.17, 15) is 23.8 Å². The van der Waals surface area contributed by atoms with Crippen molar-refractivity contribution in [2.45, 2.75) is 174 Å². The second kappa shape index (κ2) is 33.1. The summed E-state index contributed by atoms with van der Waals surface area (Å²) >= 11 is 0. The van der Waals surface area contributed by atoms with Gasteiger partial charge in [-0.2, -0.15) is 0 Å². The Morgan fingerprint density at radius 3 is 1.63 bits per heavy atom. The Kier molecular flexibility index (Phi) is 31.7. The molecule has 0 radical (unpaired) electrons. The Bertz CT molecular complexity index is 942. The van der Waals surface area contributed by atoms with Crippen molar-refractivity contribution in [1.82, 2.24) is 0 Å². The van der Waals surface area contributed by atoms with Crippen molar-refractivity contribution in [3.05, 3.63) is 24.3 Å². The normalized spacial score (nSPS) is 14.2. The summed E-state index contributed by atoms with van der Waals surface area (Å²) < 4.78 is 32.4. The van der Waals surface area contributed by atoms with E-state index >= 15 is 0 Å². The van der Waals surface area contributed by atoms with Gasteiger partial charge in [-0.3, -0.25) is 23.4 Å². The summed E-state index contributed by atoms with van der Waals surface area (Å²) in [5.41, 5.74) is 5.30. The van der Waals surface area contributed by atoms with Crippen molar-refractivity contribution in [2.24, 2.45) is 5.73 Å². The van der Waals surface area contributed by atoms with Crippen LogP contribution in [-0.4, -0.2) is 59.9 Å². The summed E-state index contributed by atoms with van der Waals surface area (Å²) in [7, 11) is -4.70. The van der Waals surface area contributed by atoms with Crippen molar-refractivity contribution < 1.29 is 47.5 Å². The van der Waals surface area contributed by atoms with Crippen LogP contribution in [0.5, 0.6) is 0 Å². The second-order valence-electron chi connectivity index (χ2n) is 12.7. The lowest BCUT2D eigenvalue weighted by atomic mass is 10.1. The molecule has 0 heterocycles. The highest BCUT2D eigenvalue weighted by molar-refractivity contribution is 7.47. The zero-order valence-corrected chi connectivity index (χ0v) is 31.4. The SMILES string of the molecule is CCCCC/C=C/C/C=C/CCCCCCCCCC(=O)OC[C@@H](COP(=O)(O)OC[C@@H](N)C(=O)O)OC(=O)CCCCCCCCCC. The first-order valence-electron chi connectivity index (χ1n) is 18.9. The van der Waals surface area contributed by atoms with Crippen LogP contribution in [0.2, 0.25) is 0 Å². The van der Waals surface area contributed by atoms with Crippen molar-refractivity contribution in [3.63, 3.8) is 0 Å². The molecule has 11 nitrogen and oxygen atoms in total. The monoisotopic (exact) mass is 717 g/mol. The topological polar surface area (TPSA) is 172 Å². The van der Waals surface area contributed by atoms with Crippen LogP contribution in [-0.2, 0) is 37.5 Å². The number of allylic oxidation sites excluding steroid dienone is 4. The molecule has 0 aromatic rings. The van der Waals surface area contributed by atoms with Gasteiger partial charge in [-0.25, -0.2) is 4.57 Å². The highest BCUT2D eigenvalue weighted by Gasteiger charge is 2.28. The summed E-state index contributed by atoms with van der Waals surface area (Å²) in [5.74, 6) is -2.39. The maximum Gasteiger partial charge on any atom is 0.472 e. The van der Waals surface area contributed by atoms with Crippen molar-refractivity contribution in [2.75, 3.05) is 19.8 Å². The largest absolute Gasteiger partial charge is 0.480 e. The Balaban J connectivity index is 4.36. The quantitative estimate of drug-likeness (QED) is 0.0247. The number of aliphatic carboxylic acids is 1. The summed E-state index contributed by atoms with van der Waals surface area (Å²) in [6.45, 7) is 2.71. The van der Waals surface area contributed by atoms with Crippen LogP contribution in [0, 0.1) is 0 Å². The minimum atomic E-state index is -4.70. The zero-order chi connectivity index (χ0) is 36.4. The number of carbonyl (C=O) groups excluding carboxylic acids is 2. The Morgan fingerprint density at radius 1 is 0.633 bits per heavy atom. The molecule has 0 aliphatic rings. The number of carboxylic acids is 1. The third-order valence-electron chi connectivity index (χ3n) is 7.95. The number of hydrogen-bond acceptors (Lipinski definition) is 9. The predicted octanol–water partition coefficient (Wildman–Crippen LogP) is 9.11. The number of ether oxygens (including phenoxy) is 2. The van der Waals surface area contributed by atoms with E-state index in [0.29, 0.717) is 12.8 Å². The molecule has 0 aliphatic carbocycles. The van der Waals surface area contributed by atoms with Crippen molar-refractivity contribution >= 4 is 25.7 Å². The van der Waals surface area contributed by atoms with Crippen LogP contribution in [0.3, 0.4) is 0 Å². The smallest absolute Gasteiger partial charge is 0.472 e. The Hall–Kier alpha value is -2.04. The van der Waals surface area contributed by atoms with E-state index in [1.165, 1.54) is 70.6 Å². The van der Waals surface area contributed by atoms with Crippen LogP contribution in [0.1, 0.15) is 162 Å². The molecule has 0 aromatic carbocycles. The van der Waals surface area contributed by atoms with Gasteiger partial charge >= 0.3 is 25.7 Å². The van der Waals surface area contributed by atoms with Gasteiger partial charge in [-0.1, -0.05) is 128 Å². The molecule has 0 saturated carbocycles. The van der Waals surface area contributed by atoms with Gasteiger partial charge in [0, 0.05) is 12.8 Å². The predicted molar refractivity (Wildman–Crippen MR) is 194 cm³/mol. The lowest BCUT2D eigenvalue weighted by Crippen LogP contribution is -2.34. The maximum absolute atomic E-state index is 12.5. The molecular formula is C37H68NO10P. The van der Waals surface area contributed by atoms with Gasteiger partial charge in [0.15, 0.2) is 6.10 Å². The molecule has 0 fully saturated rings. The number of carbonyl (C=O) groups is 3. The molecule has 0 amide bonds. The lowest BCUT2D eigenvalue weighted by Gasteiger charge is -2.20. The first-order valence-corrected chi connectivity index (χ1v) is 20.4. The van der Waals surface area contributed by atoms with Crippen LogP contribution in [0.25, 0.3) is 0 Å². The van der Waals surface area contributed by atoms with Crippen LogP contribution in [0.4, 0.5) is 0 Å².